The molecule has 1 atom stereocenters. The average Bonchev–Trinajstić information content (AvgIpc) is 2.34. The van der Waals surface area contributed by atoms with E-state index >= 15 is 0 Å². The number of amidine groups is 1. The van der Waals surface area contributed by atoms with E-state index in [1.807, 2.05) is 6.92 Å². The molecule has 0 aliphatic rings. The molecule has 0 heterocycles. The first-order valence-corrected chi connectivity index (χ1v) is 5.84. The van der Waals surface area contributed by atoms with Gasteiger partial charge in [-0.15, -0.1) is 0 Å². The number of nitrogens with two attached hydrogens (primary N) is 1. The Kier molecular flexibility index (Phi) is 7.08. The third-order valence-electron chi connectivity index (χ3n) is 3.41. The Morgan fingerprint density at radius 1 is 1.44 bits per heavy atom. The Labute approximate surface area is 97.7 Å². The summed E-state index contributed by atoms with van der Waals surface area (Å²) in [6.07, 6.45) is 1.87. The number of aliphatic hydroxyl groups excluding tert-OH is 1. The molecule has 96 valence electrons. The van der Waals surface area contributed by atoms with Gasteiger partial charge in [-0.1, -0.05) is 25.9 Å². The Bertz CT molecular complexity index is 207. The fraction of sp³-hybridized carbons (Fsp3) is 0.909. The zero-order valence-corrected chi connectivity index (χ0v) is 10.5. The van der Waals surface area contributed by atoms with Crippen molar-refractivity contribution in [3.05, 3.63) is 0 Å². The molecule has 0 amide bonds. The van der Waals surface area contributed by atoms with Gasteiger partial charge in [0.1, 0.15) is 5.84 Å². The molecule has 0 bridgehead atoms. The molecular formula is C11H25N3O2. The van der Waals surface area contributed by atoms with Gasteiger partial charge in [0.05, 0.1) is 0 Å². The average molecular weight is 231 g/mol. The summed E-state index contributed by atoms with van der Waals surface area (Å²) in [5.74, 6) is 0.227. The molecule has 0 aliphatic heterocycles. The van der Waals surface area contributed by atoms with Crippen LogP contribution in [0.25, 0.3) is 0 Å². The molecule has 5 nitrogen and oxygen atoms in total. The van der Waals surface area contributed by atoms with Crippen LogP contribution in [0.1, 0.15) is 33.6 Å². The molecule has 16 heavy (non-hydrogen) atoms. The van der Waals surface area contributed by atoms with E-state index in [9.17, 15) is 5.11 Å². The van der Waals surface area contributed by atoms with Crippen LogP contribution in [-0.2, 0) is 0 Å². The normalized spacial score (nSPS) is 15.1. The molecular weight excluding hydrogens is 206 g/mol. The van der Waals surface area contributed by atoms with Crippen molar-refractivity contribution >= 4 is 5.84 Å². The zero-order chi connectivity index (χ0) is 12.6. The topological polar surface area (TPSA) is 90.9 Å². The lowest BCUT2D eigenvalue weighted by molar-refractivity contribution is 0.113. The Balaban J connectivity index is 4.05. The molecule has 0 aromatic carbocycles. The number of oxime groups is 1. The van der Waals surface area contributed by atoms with Crippen LogP contribution in [0.4, 0.5) is 0 Å². The summed E-state index contributed by atoms with van der Waals surface area (Å²) in [5, 5.41) is 24.1. The highest BCUT2D eigenvalue weighted by molar-refractivity contribution is 5.82. The summed E-state index contributed by atoms with van der Waals surface area (Å²) in [5.41, 5.74) is 5.42. The maximum atomic E-state index is 9.37. The van der Waals surface area contributed by atoms with Gasteiger partial charge in [0.2, 0.25) is 0 Å². The maximum Gasteiger partial charge on any atom is 0.143 e. The van der Waals surface area contributed by atoms with Crippen LogP contribution in [0.2, 0.25) is 0 Å². The molecule has 0 fully saturated rings. The smallest absolute Gasteiger partial charge is 0.143 e. The Hall–Kier alpha value is -0.810. The number of rotatable bonds is 8. The number of hydrogen-bond donors (Lipinski definition) is 4. The Morgan fingerprint density at radius 2 is 2.00 bits per heavy atom. The number of hydrogen-bond acceptors (Lipinski definition) is 4. The van der Waals surface area contributed by atoms with E-state index in [0.29, 0.717) is 6.54 Å². The number of nitrogens with one attached hydrogen (secondary N) is 1. The second-order valence-corrected chi connectivity index (χ2v) is 4.42. The molecule has 0 aromatic heterocycles. The first-order valence-electron chi connectivity index (χ1n) is 5.84. The van der Waals surface area contributed by atoms with Gasteiger partial charge >= 0.3 is 0 Å². The van der Waals surface area contributed by atoms with Gasteiger partial charge in [-0.25, -0.2) is 0 Å². The predicted molar refractivity (Wildman–Crippen MR) is 65.5 cm³/mol. The monoisotopic (exact) mass is 231 g/mol. The minimum absolute atomic E-state index is 0.00453. The van der Waals surface area contributed by atoms with Crippen LogP contribution >= 0.6 is 0 Å². The van der Waals surface area contributed by atoms with E-state index in [4.69, 9.17) is 10.9 Å². The second-order valence-electron chi connectivity index (χ2n) is 4.42. The lowest BCUT2D eigenvalue weighted by Crippen LogP contribution is -2.40. The van der Waals surface area contributed by atoms with Gasteiger partial charge in [-0.3, -0.25) is 0 Å². The van der Waals surface area contributed by atoms with Crippen LogP contribution in [0, 0.1) is 11.3 Å². The minimum Gasteiger partial charge on any atom is -0.409 e. The summed E-state index contributed by atoms with van der Waals surface area (Å²) >= 11 is 0. The fourth-order valence-electron chi connectivity index (χ4n) is 1.54. The van der Waals surface area contributed by atoms with Gasteiger partial charge in [0.15, 0.2) is 0 Å². The van der Waals surface area contributed by atoms with Crippen LogP contribution in [0.3, 0.4) is 0 Å². The summed E-state index contributed by atoms with van der Waals surface area (Å²) in [7, 11) is 0. The van der Waals surface area contributed by atoms with Gasteiger partial charge < -0.3 is 21.4 Å². The number of aliphatic hydroxyl groups is 1. The highest BCUT2D eigenvalue weighted by Gasteiger charge is 2.24. The van der Waals surface area contributed by atoms with E-state index in [0.717, 1.165) is 19.4 Å². The molecule has 0 aromatic rings. The third-order valence-corrected chi connectivity index (χ3v) is 3.41. The molecule has 1 unspecified atom stereocenters. The summed E-state index contributed by atoms with van der Waals surface area (Å²) < 4.78 is 0. The van der Waals surface area contributed by atoms with Crippen molar-refractivity contribution in [2.75, 3.05) is 19.7 Å². The van der Waals surface area contributed by atoms with Crippen molar-refractivity contribution in [2.24, 2.45) is 22.2 Å². The van der Waals surface area contributed by atoms with Crippen molar-refractivity contribution in [1.82, 2.24) is 5.32 Å². The van der Waals surface area contributed by atoms with Crippen molar-refractivity contribution in [2.45, 2.75) is 33.6 Å². The van der Waals surface area contributed by atoms with E-state index in [1.165, 1.54) is 0 Å². The standard InChI is InChI=1S/C11H25N3O2/c1-4-11(5-2,8-15)7-13-6-9(3)10(12)14-16/h9,13,15-16H,4-8H2,1-3H3,(H2,12,14). The molecule has 0 saturated heterocycles. The molecule has 0 rings (SSSR count). The highest BCUT2D eigenvalue weighted by Crippen LogP contribution is 2.24. The predicted octanol–water partition coefficient (Wildman–Crippen LogP) is 0.757. The second kappa shape index (κ2) is 7.46. The molecule has 0 saturated carbocycles. The van der Waals surface area contributed by atoms with Gasteiger partial charge in [0.25, 0.3) is 0 Å². The zero-order valence-electron chi connectivity index (χ0n) is 10.5. The van der Waals surface area contributed by atoms with Crippen LogP contribution in [-0.4, -0.2) is 35.8 Å². The van der Waals surface area contributed by atoms with E-state index < -0.39 is 0 Å². The largest absolute Gasteiger partial charge is 0.409 e. The van der Waals surface area contributed by atoms with E-state index in [1.54, 1.807) is 0 Å². The lowest BCUT2D eigenvalue weighted by Gasteiger charge is -2.30. The van der Waals surface area contributed by atoms with Crippen molar-refractivity contribution in [3.63, 3.8) is 0 Å². The molecule has 0 spiro atoms. The van der Waals surface area contributed by atoms with E-state index in [-0.39, 0.29) is 23.8 Å². The van der Waals surface area contributed by atoms with Crippen LogP contribution < -0.4 is 11.1 Å². The highest BCUT2D eigenvalue weighted by atomic mass is 16.4. The lowest BCUT2D eigenvalue weighted by atomic mass is 9.83. The summed E-state index contributed by atoms with van der Waals surface area (Å²) in [6, 6.07) is 0. The first kappa shape index (κ1) is 15.2. The van der Waals surface area contributed by atoms with Crippen LogP contribution in [0.5, 0.6) is 0 Å². The van der Waals surface area contributed by atoms with E-state index in [2.05, 4.69) is 24.3 Å². The van der Waals surface area contributed by atoms with Gasteiger partial charge in [0, 0.05) is 31.0 Å². The quantitative estimate of drug-likeness (QED) is 0.215. The van der Waals surface area contributed by atoms with Crippen LogP contribution in [0.15, 0.2) is 5.16 Å². The maximum absolute atomic E-state index is 9.37. The van der Waals surface area contributed by atoms with Crippen molar-refractivity contribution < 1.29 is 10.3 Å². The third kappa shape index (κ3) is 4.37. The fourth-order valence-corrected chi connectivity index (χ4v) is 1.54. The molecule has 5 N–H and O–H groups in total. The summed E-state index contributed by atoms with van der Waals surface area (Å²) in [4.78, 5) is 0. The van der Waals surface area contributed by atoms with Gasteiger partial charge in [-0.05, 0) is 12.8 Å². The SMILES string of the molecule is CCC(CC)(CO)CNCC(C)C(N)=NO. The van der Waals surface area contributed by atoms with Crippen molar-refractivity contribution in [1.29, 1.82) is 0 Å². The summed E-state index contributed by atoms with van der Waals surface area (Å²) in [6.45, 7) is 7.63. The molecule has 0 aliphatic carbocycles. The number of nitrogens with zero attached hydrogens (tertiary/aromatic N) is 1. The first-order chi connectivity index (χ1) is 7.55. The van der Waals surface area contributed by atoms with Crippen molar-refractivity contribution in [3.8, 4) is 0 Å². The molecule has 5 heteroatoms. The molecule has 0 radical (unpaired) electrons. The minimum atomic E-state index is -0.0508. The van der Waals surface area contributed by atoms with Gasteiger partial charge in [-0.2, -0.15) is 0 Å². The Morgan fingerprint density at radius 3 is 2.38 bits per heavy atom.